The number of hydrogen-bond donors (Lipinski definition) is 2. The Hall–Kier alpha value is -2.31. The summed E-state index contributed by atoms with van der Waals surface area (Å²) >= 11 is 0. The monoisotopic (exact) mass is 278 g/mol. The third-order valence-corrected chi connectivity index (χ3v) is 3.40. The predicted octanol–water partition coefficient (Wildman–Crippen LogP) is 0.819. The molecule has 2 heterocycles. The quantitative estimate of drug-likeness (QED) is 0.855. The first-order chi connectivity index (χ1) is 9.61. The minimum Gasteiger partial charge on any atom is -0.480 e. The summed E-state index contributed by atoms with van der Waals surface area (Å²) in [5.41, 5.74) is 5.76. The lowest BCUT2D eigenvalue weighted by Gasteiger charge is -2.30. The van der Waals surface area contributed by atoms with Crippen molar-refractivity contribution in [2.45, 2.75) is 12.8 Å². The molecular formula is C13H18N4O3. The number of hydrogen-bond acceptors (Lipinski definition) is 4. The van der Waals surface area contributed by atoms with Crippen molar-refractivity contribution in [1.29, 1.82) is 0 Å². The van der Waals surface area contributed by atoms with Crippen molar-refractivity contribution < 1.29 is 14.3 Å². The molecule has 3 N–H and O–H groups in total. The van der Waals surface area contributed by atoms with Gasteiger partial charge < -0.3 is 20.7 Å². The molecule has 0 spiro atoms. The molecule has 0 bridgehead atoms. The zero-order valence-electron chi connectivity index (χ0n) is 11.3. The van der Waals surface area contributed by atoms with Crippen LogP contribution in [0, 0.1) is 5.92 Å². The molecule has 0 aromatic carbocycles. The molecule has 7 heteroatoms. The molecule has 1 saturated heterocycles. The number of amides is 3. The van der Waals surface area contributed by atoms with Crippen LogP contribution in [0.5, 0.6) is 5.88 Å². The minimum absolute atomic E-state index is 0.0829. The summed E-state index contributed by atoms with van der Waals surface area (Å²) in [7, 11) is 1.50. The number of nitrogens with two attached hydrogens (primary N) is 1. The molecule has 2 rings (SSSR count). The molecule has 1 fully saturated rings. The lowest BCUT2D eigenvalue weighted by Crippen LogP contribution is -2.43. The van der Waals surface area contributed by atoms with Gasteiger partial charge in [-0.25, -0.2) is 9.78 Å². The molecular weight excluding hydrogens is 260 g/mol. The molecule has 108 valence electrons. The van der Waals surface area contributed by atoms with Gasteiger partial charge in [0, 0.05) is 25.2 Å². The van der Waals surface area contributed by atoms with Gasteiger partial charge in [0.05, 0.1) is 7.11 Å². The van der Waals surface area contributed by atoms with E-state index in [1.165, 1.54) is 7.11 Å². The highest BCUT2D eigenvalue weighted by Crippen LogP contribution is 2.23. The molecule has 0 radical (unpaired) electrons. The Labute approximate surface area is 117 Å². The van der Waals surface area contributed by atoms with E-state index in [2.05, 4.69) is 10.3 Å². The first-order valence-corrected chi connectivity index (χ1v) is 6.46. The number of pyridine rings is 1. The van der Waals surface area contributed by atoms with Crippen LogP contribution in [0.15, 0.2) is 18.3 Å². The number of carbonyl (C=O) groups excluding carboxylic acids is 2. The highest BCUT2D eigenvalue weighted by molar-refractivity contribution is 5.93. The van der Waals surface area contributed by atoms with Crippen LogP contribution < -0.4 is 15.8 Å². The Morgan fingerprint density at radius 3 is 2.75 bits per heavy atom. The molecule has 0 atom stereocenters. The number of ether oxygens (including phenoxy) is 1. The van der Waals surface area contributed by atoms with Crippen LogP contribution in [-0.2, 0) is 4.79 Å². The van der Waals surface area contributed by atoms with E-state index in [9.17, 15) is 9.59 Å². The van der Waals surface area contributed by atoms with Crippen molar-refractivity contribution in [2.75, 3.05) is 25.5 Å². The fourth-order valence-electron chi connectivity index (χ4n) is 2.25. The molecule has 1 aliphatic rings. The lowest BCUT2D eigenvalue weighted by atomic mass is 9.96. The van der Waals surface area contributed by atoms with E-state index in [0.717, 1.165) is 0 Å². The Morgan fingerprint density at radius 1 is 1.45 bits per heavy atom. The summed E-state index contributed by atoms with van der Waals surface area (Å²) in [5, 5.41) is 2.81. The van der Waals surface area contributed by atoms with E-state index in [-0.39, 0.29) is 11.8 Å². The summed E-state index contributed by atoms with van der Waals surface area (Å²) in [6.45, 7) is 1.02. The van der Waals surface area contributed by atoms with Gasteiger partial charge >= 0.3 is 6.03 Å². The average Bonchev–Trinajstić information content (AvgIpc) is 2.48. The fourth-order valence-corrected chi connectivity index (χ4v) is 2.25. The second kappa shape index (κ2) is 6.23. The molecule has 1 aromatic heterocycles. The minimum atomic E-state index is -0.433. The number of nitrogens with one attached hydrogen (secondary N) is 1. The van der Waals surface area contributed by atoms with Crippen molar-refractivity contribution in [3.8, 4) is 5.88 Å². The number of anilines is 1. The lowest BCUT2D eigenvalue weighted by molar-refractivity contribution is -0.121. The number of primary amides is 1. The zero-order valence-corrected chi connectivity index (χ0v) is 11.3. The van der Waals surface area contributed by atoms with E-state index >= 15 is 0 Å². The molecule has 1 aromatic rings. The number of aromatic nitrogens is 1. The van der Waals surface area contributed by atoms with Crippen LogP contribution in [-0.4, -0.2) is 42.0 Å². The van der Waals surface area contributed by atoms with Gasteiger partial charge in [0.1, 0.15) is 5.69 Å². The van der Waals surface area contributed by atoms with Crippen LogP contribution in [0.3, 0.4) is 0 Å². The fraction of sp³-hybridized carbons (Fsp3) is 0.462. The van der Waals surface area contributed by atoms with Crippen LogP contribution in [0.4, 0.5) is 10.5 Å². The van der Waals surface area contributed by atoms with Crippen molar-refractivity contribution in [1.82, 2.24) is 9.88 Å². The normalized spacial score (nSPS) is 15.8. The van der Waals surface area contributed by atoms with Crippen LogP contribution in [0.25, 0.3) is 0 Å². The maximum absolute atomic E-state index is 12.2. The Morgan fingerprint density at radius 2 is 2.15 bits per heavy atom. The van der Waals surface area contributed by atoms with Crippen molar-refractivity contribution in [2.24, 2.45) is 11.7 Å². The van der Waals surface area contributed by atoms with E-state index in [0.29, 0.717) is 37.5 Å². The molecule has 0 unspecified atom stereocenters. The standard InChI is InChI=1S/C13H18N4O3/c1-20-12-10(3-2-6-15-12)16-11(18)9-4-7-17(8-5-9)13(14)19/h2-3,6,9H,4-5,7-8H2,1H3,(H2,14,19)(H,16,18). The van der Waals surface area contributed by atoms with Gasteiger partial charge in [-0.1, -0.05) is 0 Å². The maximum Gasteiger partial charge on any atom is 0.314 e. The van der Waals surface area contributed by atoms with Crippen LogP contribution in [0.1, 0.15) is 12.8 Å². The first kappa shape index (κ1) is 14.1. The second-order valence-electron chi connectivity index (χ2n) is 4.65. The number of nitrogens with zero attached hydrogens (tertiary/aromatic N) is 2. The van der Waals surface area contributed by atoms with E-state index in [1.807, 2.05) is 0 Å². The van der Waals surface area contributed by atoms with Crippen LogP contribution in [0.2, 0.25) is 0 Å². The Kier molecular flexibility index (Phi) is 4.39. The van der Waals surface area contributed by atoms with Crippen molar-refractivity contribution >= 4 is 17.6 Å². The third kappa shape index (κ3) is 3.17. The Balaban J connectivity index is 1.94. The van der Waals surface area contributed by atoms with Gasteiger partial charge in [0.15, 0.2) is 0 Å². The molecule has 1 aliphatic heterocycles. The summed E-state index contributed by atoms with van der Waals surface area (Å²) in [6.07, 6.45) is 2.81. The SMILES string of the molecule is COc1ncccc1NC(=O)C1CCN(C(N)=O)CC1. The second-order valence-corrected chi connectivity index (χ2v) is 4.65. The molecule has 0 aliphatic carbocycles. The zero-order chi connectivity index (χ0) is 14.5. The van der Waals surface area contributed by atoms with Gasteiger partial charge in [-0.05, 0) is 25.0 Å². The van der Waals surface area contributed by atoms with Gasteiger partial charge in [0.2, 0.25) is 11.8 Å². The molecule has 7 nitrogen and oxygen atoms in total. The number of urea groups is 1. The maximum atomic E-state index is 12.2. The molecule has 3 amide bonds. The highest BCUT2D eigenvalue weighted by Gasteiger charge is 2.26. The highest BCUT2D eigenvalue weighted by atomic mass is 16.5. The molecule has 20 heavy (non-hydrogen) atoms. The number of likely N-dealkylation sites (tertiary alicyclic amines) is 1. The first-order valence-electron chi connectivity index (χ1n) is 6.46. The van der Waals surface area contributed by atoms with E-state index in [1.54, 1.807) is 23.2 Å². The topological polar surface area (TPSA) is 97.6 Å². The number of methoxy groups -OCH3 is 1. The summed E-state index contributed by atoms with van der Waals surface area (Å²) < 4.78 is 5.09. The van der Waals surface area contributed by atoms with Crippen molar-refractivity contribution in [3.63, 3.8) is 0 Å². The van der Waals surface area contributed by atoms with Gasteiger partial charge in [0.25, 0.3) is 0 Å². The smallest absolute Gasteiger partial charge is 0.314 e. The van der Waals surface area contributed by atoms with Gasteiger partial charge in [-0.3, -0.25) is 4.79 Å². The van der Waals surface area contributed by atoms with Gasteiger partial charge in [-0.15, -0.1) is 0 Å². The third-order valence-electron chi connectivity index (χ3n) is 3.40. The molecule has 0 saturated carbocycles. The van der Waals surface area contributed by atoms with Crippen LogP contribution >= 0.6 is 0 Å². The largest absolute Gasteiger partial charge is 0.480 e. The summed E-state index contributed by atoms with van der Waals surface area (Å²) in [4.78, 5) is 28.8. The van der Waals surface area contributed by atoms with E-state index < -0.39 is 6.03 Å². The van der Waals surface area contributed by atoms with Crippen molar-refractivity contribution in [3.05, 3.63) is 18.3 Å². The number of piperidine rings is 1. The summed E-state index contributed by atoms with van der Waals surface area (Å²) in [6, 6.07) is 3.04. The number of carbonyl (C=O) groups is 2. The predicted molar refractivity (Wildman–Crippen MR) is 73.3 cm³/mol. The number of rotatable bonds is 3. The van der Waals surface area contributed by atoms with E-state index in [4.69, 9.17) is 10.5 Å². The average molecular weight is 278 g/mol. The Bertz CT molecular complexity index is 498. The summed E-state index contributed by atoms with van der Waals surface area (Å²) in [5.74, 6) is 0.173. The van der Waals surface area contributed by atoms with Gasteiger partial charge in [-0.2, -0.15) is 0 Å².